The molecule has 158 valence electrons. The molecule has 0 aliphatic carbocycles. The van der Waals surface area contributed by atoms with Crippen LogP contribution >= 0.6 is 0 Å². The van der Waals surface area contributed by atoms with Gasteiger partial charge in [-0.1, -0.05) is 12.1 Å². The molecule has 1 aromatic carbocycles. The van der Waals surface area contributed by atoms with Crippen LogP contribution in [0.3, 0.4) is 0 Å². The number of ether oxygens (including phenoxy) is 1. The summed E-state index contributed by atoms with van der Waals surface area (Å²) in [5.41, 5.74) is 0.700. The molecule has 9 nitrogen and oxygen atoms in total. The highest BCUT2D eigenvalue weighted by atomic mass is 16.6. The number of amides is 3. The Morgan fingerprint density at radius 2 is 2.00 bits per heavy atom. The number of nitrogens with one attached hydrogen (secondary N) is 2. The molecule has 1 unspecified atom stereocenters. The SMILES string of the molecule is CC(C)(C)OC(=O)NC(CC(=O)O)c1ccc(N2C[C@@H]3CNCCN3C2=O)cc1. The molecular weight excluding hydrogens is 376 g/mol. The second-order valence-corrected chi connectivity index (χ2v) is 8.33. The number of alkyl carbamates (subject to hydrolysis) is 1. The van der Waals surface area contributed by atoms with Crippen LogP contribution in [0.4, 0.5) is 15.3 Å². The lowest BCUT2D eigenvalue weighted by Gasteiger charge is -2.28. The van der Waals surface area contributed by atoms with E-state index in [0.717, 1.165) is 18.8 Å². The van der Waals surface area contributed by atoms with E-state index < -0.39 is 23.7 Å². The smallest absolute Gasteiger partial charge is 0.408 e. The molecule has 2 aliphatic rings. The molecule has 29 heavy (non-hydrogen) atoms. The van der Waals surface area contributed by atoms with E-state index in [1.807, 2.05) is 4.90 Å². The van der Waals surface area contributed by atoms with Crippen LogP contribution in [0, 0.1) is 0 Å². The number of anilines is 1. The third kappa shape index (κ3) is 5.17. The van der Waals surface area contributed by atoms with Crippen molar-refractivity contribution in [3.63, 3.8) is 0 Å². The fourth-order valence-electron chi connectivity index (χ4n) is 3.60. The Labute approximate surface area is 170 Å². The number of nitrogens with zero attached hydrogens (tertiary/aromatic N) is 2. The molecule has 2 saturated heterocycles. The van der Waals surface area contributed by atoms with E-state index >= 15 is 0 Å². The molecule has 9 heteroatoms. The molecule has 3 amide bonds. The molecule has 0 aromatic heterocycles. The molecule has 0 radical (unpaired) electrons. The van der Waals surface area contributed by atoms with E-state index in [0.29, 0.717) is 18.7 Å². The highest BCUT2D eigenvalue weighted by molar-refractivity contribution is 5.94. The molecule has 2 heterocycles. The molecule has 1 aromatic rings. The molecule has 3 N–H and O–H groups in total. The zero-order chi connectivity index (χ0) is 21.2. The van der Waals surface area contributed by atoms with E-state index in [1.54, 1.807) is 49.9 Å². The van der Waals surface area contributed by atoms with Crippen molar-refractivity contribution in [3.8, 4) is 0 Å². The number of urea groups is 1. The topological polar surface area (TPSA) is 111 Å². The quantitative estimate of drug-likeness (QED) is 0.692. The molecule has 0 saturated carbocycles. The number of carbonyl (C=O) groups excluding carboxylic acids is 2. The fourth-order valence-corrected chi connectivity index (χ4v) is 3.60. The fraction of sp³-hybridized carbons (Fsp3) is 0.550. The molecule has 2 atom stereocenters. The molecule has 3 rings (SSSR count). The van der Waals surface area contributed by atoms with E-state index in [1.165, 1.54) is 0 Å². The summed E-state index contributed by atoms with van der Waals surface area (Å²) >= 11 is 0. The van der Waals surface area contributed by atoms with Crippen LogP contribution in [0.2, 0.25) is 0 Å². The van der Waals surface area contributed by atoms with Gasteiger partial charge in [0.2, 0.25) is 0 Å². The number of rotatable bonds is 5. The Morgan fingerprint density at radius 1 is 1.31 bits per heavy atom. The number of hydrogen-bond acceptors (Lipinski definition) is 5. The Morgan fingerprint density at radius 3 is 2.59 bits per heavy atom. The minimum atomic E-state index is -1.03. The van der Waals surface area contributed by atoms with Gasteiger partial charge in [-0.3, -0.25) is 9.69 Å². The first-order chi connectivity index (χ1) is 13.6. The average molecular weight is 404 g/mol. The summed E-state index contributed by atoms with van der Waals surface area (Å²) < 4.78 is 5.24. The van der Waals surface area contributed by atoms with Gasteiger partial charge in [-0.05, 0) is 38.5 Å². The van der Waals surface area contributed by atoms with Gasteiger partial charge in [-0.2, -0.15) is 0 Å². The number of fused-ring (bicyclic) bond motifs is 1. The van der Waals surface area contributed by atoms with Gasteiger partial charge in [0.05, 0.1) is 18.5 Å². The highest BCUT2D eigenvalue weighted by Crippen LogP contribution is 2.27. The summed E-state index contributed by atoms with van der Waals surface area (Å²) in [6.07, 6.45) is -0.949. The van der Waals surface area contributed by atoms with Crippen molar-refractivity contribution in [2.45, 2.75) is 44.9 Å². The van der Waals surface area contributed by atoms with Crippen LogP contribution in [0.25, 0.3) is 0 Å². The van der Waals surface area contributed by atoms with Crippen LogP contribution in [0.1, 0.15) is 38.8 Å². The van der Waals surface area contributed by atoms with Gasteiger partial charge in [0.25, 0.3) is 0 Å². The summed E-state index contributed by atoms with van der Waals surface area (Å²) in [7, 11) is 0. The van der Waals surface area contributed by atoms with Gasteiger partial charge >= 0.3 is 18.1 Å². The number of carboxylic acid groups (broad SMARTS) is 1. The molecule has 2 aliphatic heterocycles. The van der Waals surface area contributed by atoms with Crippen LogP contribution in [-0.4, -0.2) is 65.9 Å². The first-order valence-corrected chi connectivity index (χ1v) is 9.74. The third-order valence-electron chi connectivity index (χ3n) is 4.90. The first-order valence-electron chi connectivity index (χ1n) is 9.74. The summed E-state index contributed by atoms with van der Waals surface area (Å²) in [5.74, 6) is -1.03. The zero-order valence-electron chi connectivity index (χ0n) is 17.0. The van der Waals surface area contributed by atoms with E-state index in [4.69, 9.17) is 4.74 Å². The minimum Gasteiger partial charge on any atom is -0.481 e. The normalized spacial score (nSPS) is 20.2. The Balaban J connectivity index is 1.72. The van der Waals surface area contributed by atoms with Gasteiger partial charge in [0.1, 0.15) is 5.60 Å². The van der Waals surface area contributed by atoms with Gasteiger partial charge in [-0.25, -0.2) is 9.59 Å². The molecular formula is C20H28N4O5. The summed E-state index contributed by atoms with van der Waals surface area (Å²) in [4.78, 5) is 39.6. The van der Waals surface area contributed by atoms with Crippen LogP contribution in [0.15, 0.2) is 24.3 Å². The summed E-state index contributed by atoms with van der Waals surface area (Å²) in [6, 6.07) is 6.45. The van der Waals surface area contributed by atoms with Gasteiger partial charge < -0.3 is 25.4 Å². The maximum atomic E-state index is 12.7. The molecule has 2 fully saturated rings. The Hall–Kier alpha value is -2.81. The maximum absolute atomic E-state index is 12.7. The third-order valence-corrected chi connectivity index (χ3v) is 4.90. The van der Waals surface area contributed by atoms with Crippen molar-refractivity contribution in [1.29, 1.82) is 0 Å². The van der Waals surface area contributed by atoms with E-state index in [2.05, 4.69) is 10.6 Å². The first kappa shape index (κ1) is 20.9. The number of piperazine rings is 1. The van der Waals surface area contributed by atoms with E-state index in [-0.39, 0.29) is 18.5 Å². The lowest BCUT2D eigenvalue weighted by Crippen LogP contribution is -2.49. The largest absolute Gasteiger partial charge is 0.481 e. The van der Waals surface area contributed by atoms with Crippen molar-refractivity contribution in [2.24, 2.45) is 0 Å². The molecule has 0 bridgehead atoms. The average Bonchev–Trinajstić information content (AvgIpc) is 2.96. The van der Waals surface area contributed by atoms with Crippen LogP contribution < -0.4 is 15.5 Å². The lowest BCUT2D eigenvalue weighted by atomic mass is 10.0. The van der Waals surface area contributed by atoms with Crippen LogP contribution in [0.5, 0.6) is 0 Å². The Kier molecular flexibility index (Phi) is 5.97. The van der Waals surface area contributed by atoms with Gasteiger partial charge in [0.15, 0.2) is 0 Å². The van der Waals surface area contributed by atoms with Gasteiger partial charge in [0, 0.05) is 31.9 Å². The van der Waals surface area contributed by atoms with E-state index in [9.17, 15) is 19.5 Å². The van der Waals surface area contributed by atoms with Crippen molar-refractivity contribution in [3.05, 3.63) is 29.8 Å². The number of aliphatic carboxylic acids is 1. The molecule has 0 spiro atoms. The zero-order valence-corrected chi connectivity index (χ0v) is 17.0. The highest BCUT2D eigenvalue weighted by Gasteiger charge is 2.39. The van der Waals surface area contributed by atoms with Crippen molar-refractivity contribution < 1.29 is 24.2 Å². The predicted molar refractivity (Wildman–Crippen MR) is 107 cm³/mol. The van der Waals surface area contributed by atoms with Crippen molar-refractivity contribution in [2.75, 3.05) is 31.1 Å². The summed E-state index contributed by atoms with van der Waals surface area (Å²) in [5, 5.41) is 15.1. The lowest BCUT2D eigenvalue weighted by molar-refractivity contribution is -0.137. The van der Waals surface area contributed by atoms with Crippen molar-refractivity contribution in [1.82, 2.24) is 15.5 Å². The monoisotopic (exact) mass is 404 g/mol. The number of benzene rings is 1. The minimum absolute atomic E-state index is 0.0155. The maximum Gasteiger partial charge on any atom is 0.408 e. The number of carbonyl (C=O) groups is 3. The number of hydrogen-bond donors (Lipinski definition) is 3. The van der Waals surface area contributed by atoms with Crippen molar-refractivity contribution >= 4 is 23.8 Å². The Bertz CT molecular complexity index is 774. The van der Waals surface area contributed by atoms with Gasteiger partial charge in [-0.15, -0.1) is 0 Å². The summed E-state index contributed by atoms with van der Waals surface area (Å²) in [6.45, 7) is 8.10. The predicted octanol–water partition coefficient (Wildman–Crippen LogP) is 1.94. The number of carboxylic acids is 1. The second-order valence-electron chi connectivity index (χ2n) is 8.33. The van der Waals surface area contributed by atoms with Crippen LogP contribution in [-0.2, 0) is 9.53 Å². The second kappa shape index (κ2) is 8.28. The standard InChI is InChI=1S/C20H28N4O5/c1-20(2,3)29-18(27)22-16(10-17(25)26)13-4-6-14(7-5-13)24-12-15-11-21-8-9-23(15)19(24)28/h4-7,15-16,21H,8-12H2,1-3H3,(H,22,27)(H,25,26)/t15-,16?/m0/s1.